The van der Waals surface area contributed by atoms with E-state index in [2.05, 4.69) is 0 Å². The number of halogens is 1. The number of ether oxygens (including phenoxy) is 3. The van der Waals surface area contributed by atoms with E-state index in [4.69, 9.17) is 19.3 Å². The van der Waals surface area contributed by atoms with E-state index >= 15 is 0 Å². The molecule has 0 N–H and O–H groups in total. The molecule has 0 bridgehead atoms. The third kappa shape index (κ3) is 7.19. The number of hydrogen-bond acceptors (Lipinski definition) is 5. The first-order valence-electron chi connectivity index (χ1n) is 14.0. The van der Waals surface area contributed by atoms with Crippen LogP contribution in [0.5, 0.6) is 17.2 Å². The van der Waals surface area contributed by atoms with Crippen molar-refractivity contribution in [3.05, 3.63) is 141 Å². The van der Waals surface area contributed by atoms with Crippen LogP contribution in [-0.4, -0.2) is 24.0 Å². The Kier molecular flexibility index (Phi) is 9.32. The maximum absolute atomic E-state index is 14.0. The van der Waals surface area contributed by atoms with E-state index in [-0.39, 0.29) is 11.4 Å². The van der Waals surface area contributed by atoms with Gasteiger partial charge in [-0.2, -0.15) is 5.10 Å². The van der Waals surface area contributed by atoms with Gasteiger partial charge in [0.25, 0.3) is 5.56 Å². The predicted octanol–water partition coefficient (Wildman–Crippen LogP) is 7.37. The van der Waals surface area contributed by atoms with Crippen LogP contribution in [0.25, 0.3) is 23.3 Å². The van der Waals surface area contributed by atoms with E-state index in [0.717, 1.165) is 16.7 Å². The Morgan fingerprint density at radius 2 is 1.53 bits per heavy atom. The Morgan fingerprint density at radius 3 is 2.26 bits per heavy atom. The van der Waals surface area contributed by atoms with Crippen molar-refractivity contribution in [1.82, 2.24) is 9.78 Å². The fourth-order valence-electron chi connectivity index (χ4n) is 4.93. The lowest BCUT2D eigenvalue weighted by Crippen LogP contribution is -2.27. The van der Waals surface area contributed by atoms with Gasteiger partial charge in [-0.05, 0) is 66.4 Å². The minimum atomic E-state index is -0.348. The van der Waals surface area contributed by atoms with Crippen molar-refractivity contribution in [3.63, 3.8) is 0 Å². The molecule has 43 heavy (non-hydrogen) atoms. The summed E-state index contributed by atoms with van der Waals surface area (Å²) in [6.07, 6.45) is 4.01. The number of hydrogen-bond donors (Lipinski definition) is 0. The molecular weight excluding hydrogens is 543 g/mol. The van der Waals surface area contributed by atoms with Crippen LogP contribution in [0.4, 0.5) is 4.39 Å². The summed E-state index contributed by atoms with van der Waals surface area (Å²) >= 11 is 0. The molecule has 218 valence electrons. The molecule has 1 aromatic heterocycles. The van der Waals surface area contributed by atoms with Crippen molar-refractivity contribution in [2.75, 3.05) is 14.2 Å². The molecular formula is C36H33FN2O4. The summed E-state index contributed by atoms with van der Waals surface area (Å²) in [5.74, 6) is 1.63. The van der Waals surface area contributed by atoms with Gasteiger partial charge >= 0.3 is 0 Å². The average molecular weight is 577 g/mol. The molecule has 1 heterocycles. The van der Waals surface area contributed by atoms with E-state index in [1.807, 2.05) is 73.7 Å². The first-order chi connectivity index (χ1) is 20.9. The van der Waals surface area contributed by atoms with Gasteiger partial charge < -0.3 is 14.2 Å². The Balaban J connectivity index is 1.56. The highest BCUT2D eigenvalue weighted by molar-refractivity contribution is 5.84. The van der Waals surface area contributed by atoms with E-state index in [1.165, 1.54) is 16.8 Å². The molecule has 7 heteroatoms. The van der Waals surface area contributed by atoms with Gasteiger partial charge in [0.1, 0.15) is 29.7 Å². The highest BCUT2D eigenvalue weighted by Gasteiger charge is 2.19. The average Bonchev–Trinajstić information content (AvgIpc) is 3.03. The summed E-state index contributed by atoms with van der Waals surface area (Å²) in [6.45, 7) is 2.59. The molecule has 0 saturated carbocycles. The maximum Gasteiger partial charge on any atom is 0.274 e. The van der Waals surface area contributed by atoms with Crippen LogP contribution in [-0.2, 0) is 19.6 Å². The van der Waals surface area contributed by atoms with Crippen molar-refractivity contribution in [2.24, 2.45) is 0 Å². The van der Waals surface area contributed by atoms with Crippen LogP contribution in [0.15, 0.2) is 102 Å². The summed E-state index contributed by atoms with van der Waals surface area (Å²) in [5, 5.41) is 4.73. The molecule has 5 aromatic rings. The maximum atomic E-state index is 14.0. The number of aromatic nitrogens is 2. The first-order valence-corrected chi connectivity index (χ1v) is 14.0. The van der Waals surface area contributed by atoms with Crippen LogP contribution in [0.1, 0.15) is 27.9 Å². The highest BCUT2D eigenvalue weighted by Crippen LogP contribution is 2.34. The Morgan fingerprint density at radius 1 is 0.814 bits per heavy atom. The van der Waals surface area contributed by atoms with Gasteiger partial charge in [-0.25, -0.2) is 9.07 Å². The number of aryl methyl sites for hydroxylation is 3. The zero-order valence-electron chi connectivity index (χ0n) is 24.4. The van der Waals surface area contributed by atoms with Gasteiger partial charge in [0.15, 0.2) is 0 Å². The second kappa shape index (κ2) is 13.7. The van der Waals surface area contributed by atoms with Gasteiger partial charge in [-0.3, -0.25) is 4.79 Å². The minimum absolute atomic E-state index is 0.263. The fraction of sp³-hybridized carbons (Fsp3) is 0.167. The van der Waals surface area contributed by atoms with E-state index < -0.39 is 0 Å². The Hall–Kier alpha value is -5.17. The normalized spacial score (nSPS) is 11.1. The van der Waals surface area contributed by atoms with Gasteiger partial charge in [0, 0.05) is 23.7 Å². The van der Waals surface area contributed by atoms with Crippen LogP contribution >= 0.6 is 0 Å². The van der Waals surface area contributed by atoms with Crippen molar-refractivity contribution < 1.29 is 18.6 Å². The largest absolute Gasteiger partial charge is 0.497 e. The second-order valence-corrected chi connectivity index (χ2v) is 10.0. The zero-order valence-corrected chi connectivity index (χ0v) is 24.4. The number of para-hydroxylation sites is 1. The van der Waals surface area contributed by atoms with Crippen molar-refractivity contribution in [2.45, 2.75) is 26.5 Å². The van der Waals surface area contributed by atoms with Gasteiger partial charge in [0.2, 0.25) is 0 Å². The molecule has 0 fully saturated rings. The van der Waals surface area contributed by atoms with Crippen LogP contribution in [0.3, 0.4) is 0 Å². The van der Waals surface area contributed by atoms with E-state index in [9.17, 15) is 9.18 Å². The molecule has 0 aliphatic rings. The lowest BCUT2D eigenvalue weighted by Gasteiger charge is -2.17. The molecule has 0 aliphatic carbocycles. The van der Waals surface area contributed by atoms with Crippen molar-refractivity contribution in [1.29, 1.82) is 0 Å². The lowest BCUT2D eigenvalue weighted by molar-refractivity contribution is 0.307. The summed E-state index contributed by atoms with van der Waals surface area (Å²) in [5.41, 5.74) is 4.88. The SMILES string of the molecule is COc1cc(CCn2nc(C)c(-c3ccccc3OCc3ccccc3)c(/C=C/c3cccc(F)c3)c2=O)cc(OC)c1. The fourth-order valence-corrected chi connectivity index (χ4v) is 4.93. The summed E-state index contributed by atoms with van der Waals surface area (Å²) in [6, 6.07) is 29.4. The minimum Gasteiger partial charge on any atom is -0.497 e. The van der Waals surface area contributed by atoms with Crippen molar-refractivity contribution >= 4 is 12.2 Å². The molecule has 5 rings (SSSR count). The molecule has 0 aliphatic heterocycles. The third-order valence-corrected chi connectivity index (χ3v) is 7.07. The molecule has 0 atom stereocenters. The van der Waals surface area contributed by atoms with Gasteiger partial charge in [-0.15, -0.1) is 0 Å². The zero-order chi connectivity index (χ0) is 30.2. The smallest absolute Gasteiger partial charge is 0.274 e. The highest BCUT2D eigenvalue weighted by atomic mass is 19.1. The third-order valence-electron chi connectivity index (χ3n) is 7.07. The van der Waals surface area contributed by atoms with Crippen LogP contribution in [0.2, 0.25) is 0 Å². The first kappa shape index (κ1) is 29.3. The Bertz CT molecular complexity index is 1780. The predicted molar refractivity (Wildman–Crippen MR) is 168 cm³/mol. The molecule has 0 saturated heterocycles. The van der Waals surface area contributed by atoms with E-state index in [0.29, 0.717) is 59.2 Å². The topological polar surface area (TPSA) is 62.6 Å². The van der Waals surface area contributed by atoms with Crippen LogP contribution < -0.4 is 19.8 Å². The lowest BCUT2D eigenvalue weighted by atomic mass is 9.97. The molecule has 0 amide bonds. The van der Waals surface area contributed by atoms with Crippen LogP contribution in [0, 0.1) is 12.7 Å². The molecule has 6 nitrogen and oxygen atoms in total. The number of methoxy groups -OCH3 is 2. The standard InChI is InChI=1S/C36H33FN2O4/c1-25-35(32-14-7-8-15-34(32)43-24-27-10-5-4-6-11-27)33(17-16-26-12-9-13-29(37)20-26)36(40)39(38-25)19-18-28-21-30(41-2)23-31(22-28)42-3/h4-17,20-23H,18-19,24H2,1-3H3/b17-16+. The quantitative estimate of drug-likeness (QED) is 0.164. The molecule has 4 aromatic carbocycles. The number of nitrogens with zero attached hydrogens (tertiary/aromatic N) is 2. The van der Waals surface area contributed by atoms with E-state index in [1.54, 1.807) is 44.6 Å². The summed E-state index contributed by atoms with van der Waals surface area (Å²) in [4.78, 5) is 14.0. The van der Waals surface area contributed by atoms with Gasteiger partial charge in [-0.1, -0.05) is 66.7 Å². The number of benzene rings is 4. The Labute approximate surface area is 250 Å². The molecule has 0 radical (unpaired) electrons. The monoisotopic (exact) mass is 576 g/mol. The molecule has 0 spiro atoms. The summed E-state index contributed by atoms with van der Waals surface area (Å²) < 4.78 is 32.5. The molecule has 0 unspecified atom stereocenters. The number of rotatable bonds is 11. The van der Waals surface area contributed by atoms with Gasteiger partial charge in [0.05, 0.1) is 25.5 Å². The summed E-state index contributed by atoms with van der Waals surface area (Å²) in [7, 11) is 3.20. The second-order valence-electron chi connectivity index (χ2n) is 10.0. The van der Waals surface area contributed by atoms with Crippen molar-refractivity contribution in [3.8, 4) is 28.4 Å².